The van der Waals surface area contributed by atoms with Crippen LogP contribution in [0, 0.1) is 11.3 Å². The van der Waals surface area contributed by atoms with Crippen molar-refractivity contribution in [2.24, 2.45) is 11.3 Å². The predicted molar refractivity (Wildman–Crippen MR) is 73.8 cm³/mol. The Morgan fingerprint density at radius 1 is 1.33 bits per heavy atom. The van der Waals surface area contributed by atoms with Crippen LogP contribution in [0.15, 0.2) is 18.3 Å². The van der Waals surface area contributed by atoms with Gasteiger partial charge in [0, 0.05) is 18.5 Å². The molecule has 0 unspecified atom stereocenters. The summed E-state index contributed by atoms with van der Waals surface area (Å²) >= 11 is 5.79. The van der Waals surface area contributed by atoms with Gasteiger partial charge in [0.2, 0.25) is 0 Å². The largest absolute Gasteiger partial charge is 0.299 e. The van der Waals surface area contributed by atoms with Crippen LogP contribution in [-0.2, 0) is 4.79 Å². The van der Waals surface area contributed by atoms with Crippen LogP contribution in [0.4, 0.5) is 0 Å². The fraction of sp³-hybridized carbons (Fsp3) is 0.600. The Labute approximate surface area is 114 Å². The summed E-state index contributed by atoms with van der Waals surface area (Å²) < 4.78 is 0. The van der Waals surface area contributed by atoms with Crippen molar-refractivity contribution in [3.8, 4) is 0 Å². The van der Waals surface area contributed by atoms with Gasteiger partial charge in [0.25, 0.3) is 0 Å². The molecule has 2 atom stereocenters. The summed E-state index contributed by atoms with van der Waals surface area (Å²) in [7, 11) is 0. The third-order valence-electron chi connectivity index (χ3n) is 4.03. The molecule has 0 amide bonds. The molecule has 1 aliphatic rings. The first-order valence-electron chi connectivity index (χ1n) is 6.52. The first-order valence-corrected chi connectivity index (χ1v) is 6.90. The summed E-state index contributed by atoms with van der Waals surface area (Å²) in [4.78, 5) is 16.2. The van der Waals surface area contributed by atoms with Crippen LogP contribution in [0.25, 0.3) is 0 Å². The number of pyridine rings is 1. The highest BCUT2D eigenvalue weighted by molar-refractivity contribution is 6.29. The second-order valence-electron chi connectivity index (χ2n) is 6.27. The van der Waals surface area contributed by atoms with E-state index >= 15 is 0 Å². The molecule has 1 heterocycles. The molecule has 0 saturated heterocycles. The van der Waals surface area contributed by atoms with Gasteiger partial charge in [-0.05, 0) is 35.8 Å². The average molecular weight is 266 g/mol. The zero-order valence-corrected chi connectivity index (χ0v) is 12.0. The number of carbonyl (C=O) groups is 1. The summed E-state index contributed by atoms with van der Waals surface area (Å²) in [6.45, 7) is 6.76. The van der Waals surface area contributed by atoms with Crippen LogP contribution in [0.2, 0.25) is 5.15 Å². The van der Waals surface area contributed by atoms with Gasteiger partial charge >= 0.3 is 0 Å². The number of halogens is 1. The number of ketones is 1. The van der Waals surface area contributed by atoms with E-state index in [9.17, 15) is 4.79 Å². The Morgan fingerprint density at radius 3 is 2.61 bits per heavy atom. The zero-order valence-electron chi connectivity index (χ0n) is 11.2. The lowest BCUT2D eigenvalue weighted by Gasteiger charge is -2.37. The van der Waals surface area contributed by atoms with Crippen molar-refractivity contribution in [3.63, 3.8) is 0 Å². The van der Waals surface area contributed by atoms with Gasteiger partial charge in [-0.3, -0.25) is 4.79 Å². The molecule has 98 valence electrons. The van der Waals surface area contributed by atoms with E-state index in [0.717, 1.165) is 18.4 Å². The maximum absolute atomic E-state index is 12.1. The third kappa shape index (κ3) is 2.92. The molecule has 2 rings (SSSR count). The Balaban J connectivity index is 2.20. The van der Waals surface area contributed by atoms with Crippen molar-refractivity contribution in [2.45, 2.75) is 46.0 Å². The topological polar surface area (TPSA) is 30.0 Å². The van der Waals surface area contributed by atoms with E-state index in [1.165, 1.54) is 0 Å². The van der Waals surface area contributed by atoms with E-state index in [2.05, 4.69) is 25.8 Å². The van der Waals surface area contributed by atoms with Gasteiger partial charge in [-0.1, -0.05) is 38.4 Å². The SMILES string of the molecule is CC(C)(C)[C@H]1CCC(=O)[C@@H](c2ccc(Cl)nc2)C1. The van der Waals surface area contributed by atoms with Gasteiger partial charge in [0.1, 0.15) is 10.9 Å². The predicted octanol–water partition coefficient (Wildman–Crippen LogP) is 4.23. The Bertz CT molecular complexity index is 433. The number of Topliss-reactive ketones (excluding diaryl/α,β-unsaturated/α-hetero) is 1. The standard InChI is InChI=1S/C15H20ClNO/c1-15(2,3)11-5-6-13(18)12(8-11)10-4-7-14(16)17-9-10/h4,7,9,11-12H,5-6,8H2,1-3H3/t11-,12+/m0/s1. The fourth-order valence-electron chi connectivity index (χ4n) is 2.73. The fourth-order valence-corrected chi connectivity index (χ4v) is 2.84. The molecule has 1 aromatic heterocycles. The molecular weight excluding hydrogens is 246 g/mol. The number of hydrogen-bond acceptors (Lipinski definition) is 2. The second kappa shape index (κ2) is 5.00. The van der Waals surface area contributed by atoms with Gasteiger partial charge in [0.05, 0.1) is 0 Å². The van der Waals surface area contributed by atoms with Crippen molar-refractivity contribution in [1.82, 2.24) is 4.98 Å². The van der Waals surface area contributed by atoms with Gasteiger partial charge in [-0.15, -0.1) is 0 Å². The molecule has 0 N–H and O–H groups in total. The average Bonchev–Trinajstić information content (AvgIpc) is 2.29. The first kappa shape index (κ1) is 13.5. The Hall–Kier alpha value is -0.890. The summed E-state index contributed by atoms with van der Waals surface area (Å²) in [5.74, 6) is 0.947. The molecular formula is C15H20ClNO. The van der Waals surface area contributed by atoms with Crippen LogP contribution in [0.1, 0.15) is 51.5 Å². The molecule has 2 nitrogen and oxygen atoms in total. The van der Waals surface area contributed by atoms with Crippen molar-refractivity contribution in [3.05, 3.63) is 29.0 Å². The van der Waals surface area contributed by atoms with Crippen LogP contribution in [0.5, 0.6) is 0 Å². The van der Waals surface area contributed by atoms with Crippen LogP contribution >= 0.6 is 11.6 Å². The van der Waals surface area contributed by atoms with Crippen LogP contribution in [0.3, 0.4) is 0 Å². The van der Waals surface area contributed by atoms with E-state index in [1.54, 1.807) is 12.3 Å². The van der Waals surface area contributed by atoms with Gasteiger partial charge in [0.15, 0.2) is 0 Å². The molecule has 18 heavy (non-hydrogen) atoms. The lowest BCUT2D eigenvalue weighted by molar-refractivity contribution is -0.123. The zero-order chi connectivity index (χ0) is 13.3. The number of hydrogen-bond donors (Lipinski definition) is 0. The number of aromatic nitrogens is 1. The van der Waals surface area contributed by atoms with E-state index in [0.29, 0.717) is 23.3 Å². The second-order valence-corrected chi connectivity index (χ2v) is 6.66. The van der Waals surface area contributed by atoms with Gasteiger partial charge in [-0.2, -0.15) is 0 Å². The Kier molecular flexibility index (Phi) is 3.76. The quantitative estimate of drug-likeness (QED) is 0.711. The molecule has 1 aromatic rings. The lowest BCUT2D eigenvalue weighted by atomic mass is 9.67. The molecule has 0 spiro atoms. The van der Waals surface area contributed by atoms with E-state index in [4.69, 9.17) is 11.6 Å². The Morgan fingerprint density at radius 2 is 2.06 bits per heavy atom. The third-order valence-corrected chi connectivity index (χ3v) is 4.25. The molecule has 3 heteroatoms. The molecule has 0 aromatic carbocycles. The highest BCUT2D eigenvalue weighted by atomic mass is 35.5. The highest BCUT2D eigenvalue weighted by Gasteiger charge is 2.35. The molecule has 0 bridgehead atoms. The maximum atomic E-state index is 12.1. The summed E-state index contributed by atoms with van der Waals surface area (Å²) in [5, 5.41) is 0.481. The summed E-state index contributed by atoms with van der Waals surface area (Å²) in [6, 6.07) is 3.70. The summed E-state index contributed by atoms with van der Waals surface area (Å²) in [5.41, 5.74) is 1.28. The van der Waals surface area contributed by atoms with E-state index in [-0.39, 0.29) is 11.3 Å². The number of nitrogens with zero attached hydrogens (tertiary/aromatic N) is 1. The maximum Gasteiger partial charge on any atom is 0.140 e. The van der Waals surface area contributed by atoms with Gasteiger partial charge in [-0.25, -0.2) is 4.98 Å². The van der Waals surface area contributed by atoms with Crippen molar-refractivity contribution in [1.29, 1.82) is 0 Å². The highest BCUT2D eigenvalue weighted by Crippen LogP contribution is 2.42. The number of carbonyl (C=O) groups excluding carboxylic acids is 1. The van der Waals surface area contributed by atoms with Crippen molar-refractivity contribution >= 4 is 17.4 Å². The minimum absolute atomic E-state index is 0.00717. The molecule has 1 saturated carbocycles. The smallest absolute Gasteiger partial charge is 0.140 e. The molecule has 1 fully saturated rings. The first-order chi connectivity index (χ1) is 8.38. The molecule has 0 aliphatic heterocycles. The summed E-state index contributed by atoms with van der Waals surface area (Å²) in [6.07, 6.45) is 4.39. The molecule has 0 radical (unpaired) electrons. The van der Waals surface area contributed by atoms with E-state index < -0.39 is 0 Å². The van der Waals surface area contributed by atoms with Gasteiger partial charge < -0.3 is 0 Å². The van der Waals surface area contributed by atoms with Crippen molar-refractivity contribution in [2.75, 3.05) is 0 Å². The lowest BCUT2D eigenvalue weighted by Crippen LogP contribution is -2.30. The van der Waals surface area contributed by atoms with Crippen LogP contribution in [-0.4, -0.2) is 10.8 Å². The minimum Gasteiger partial charge on any atom is -0.299 e. The minimum atomic E-state index is 0.00717. The normalized spacial score (nSPS) is 25.2. The molecule has 1 aliphatic carbocycles. The van der Waals surface area contributed by atoms with Crippen LogP contribution < -0.4 is 0 Å². The number of rotatable bonds is 1. The monoisotopic (exact) mass is 265 g/mol. The van der Waals surface area contributed by atoms with Crippen molar-refractivity contribution < 1.29 is 4.79 Å². The van der Waals surface area contributed by atoms with E-state index in [1.807, 2.05) is 6.07 Å².